The Morgan fingerprint density at radius 2 is 1.71 bits per heavy atom. The van der Waals surface area contributed by atoms with Crippen molar-refractivity contribution >= 4 is 11.4 Å². The second kappa shape index (κ2) is 5.33. The quantitative estimate of drug-likeness (QED) is 0.849. The first-order valence-corrected chi connectivity index (χ1v) is 6.50. The molecule has 0 bridgehead atoms. The van der Waals surface area contributed by atoms with E-state index in [4.69, 9.17) is 0 Å². The molecule has 0 amide bonds. The van der Waals surface area contributed by atoms with Gasteiger partial charge in [-0.2, -0.15) is 0 Å². The Morgan fingerprint density at radius 1 is 1.24 bits per heavy atom. The van der Waals surface area contributed by atoms with Gasteiger partial charge in [-0.1, -0.05) is 6.07 Å². The Morgan fingerprint density at radius 3 is 2.12 bits per heavy atom. The van der Waals surface area contributed by atoms with Gasteiger partial charge in [0.05, 0.1) is 6.04 Å². The molecule has 96 valence electrons. The molecule has 0 aliphatic carbocycles. The number of rotatable bonds is 3. The lowest BCUT2D eigenvalue weighted by atomic mass is 10.1. The molecule has 0 fully saturated rings. The minimum atomic E-state index is -1.37. The molecule has 2 nitrogen and oxygen atoms in total. The molecule has 17 heavy (non-hydrogen) atoms. The van der Waals surface area contributed by atoms with Gasteiger partial charge in [0.25, 0.3) is 0 Å². The van der Waals surface area contributed by atoms with E-state index in [-0.39, 0.29) is 5.56 Å². The highest BCUT2D eigenvalue weighted by atomic mass is 32.2. The molecule has 2 atom stereocenters. The van der Waals surface area contributed by atoms with E-state index in [1.165, 1.54) is 18.2 Å². The predicted molar refractivity (Wildman–Crippen MR) is 65.8 cm³/mol. The van der Waals surface area contributed by atoms with Gasteiger partial charge in [-0.3, -0.25) is 0 Å². The molecule has 1 aromatic rings. The fraction of sp³-hybridized carbons (Fsp3) is 0.500. The van der Waals surface area contributed by atoms with Crippen molar-refractivity contribution in [3.8, 4) is 0 Å². The highest BCUT2D eigenvalue weighted by molar-refractivity contribution is 7.90. The number of hydrogen-bond acceptors (Lipinski definition) is 2. The molecule has 1 aromatic carbocycles. The maximum Gasteiger partial charge on any atom is 0.136 e. The summed E-state index contributed by atoms with van der Waals surface area (Å²) in [5.41, 5.74) is -0.0786. The predicted octanol–water partition coefficient (Wildman–Crippen LogP) is 3.08. The van der Waals surface area contributed by atoms with Crippen LogP contribution in [0.5, 0.6) is 0 Å². The molecule has 1 rings (SSSR count). The third kappa shape index (κ3) is 3.66. The van der Waals surface area contributed by atoms with E-state index in [1.807, 2.05) is 0 Å². The molecule has 0 spiro atoms. The number of hydrogen-bond donors (Lipinski definition) is 1. The van der Waals surface area contributed by atoms with E-state index in [1.54, 1.807) is 27.7 Å². The molecule has 1 unspecified atom stereocenters. The molecule has 0 aromatic heterocycles. The summed E-state index contributed by atoms with van der Waals surface area (Å²) in [6.07, 6.45) is 0. The van der Waals surface area contributed by atoms with Crippen LogP contribution in [-0.2, 0) is 11.4 Å². The van der Waals surface area contributed by atoms with Crippen LogP contribution in [0.15, 0.2) is 18.2 Å². The van der Waals surface area contributed by atoms with Gasteiger partial charge in [0.15, 0.2) is 0 Å². The summed E-state index contributed by atoms with van der Waals surface area (Å²) in [6.45, 7) is 6.97. The minimum Gasteiger partial charge on any atom is -0.598 e. The van der Waals surface area contributed by atoms with Gasteiger partial charge in [-0.15, -0.1) is 4.72 Å². The lowest BCUT2D eigenvalue weighted by Gasteiger charge is -2.26. The second-order valence-electron chi connectivity index (χ2n) is 4.86. The van der Waals surface area contributed by atoms with Crippen molar-refractivity contribution in [1.82, 2.24) is 4.72 Å². The molecule has 0 saturated carbocycles. The molecule has 0 aliphatic rings. The molecular formula is C12H17F2NOS. The lowest BCUT2D eigenvalue weighted by molar-refractivity contribution is 0.501. The molecule has 1 N–H and O–H groups in total. The van der Waals surface area contributed by atoms with Gasteiger partial charge < -0.3 is 4.55 Å². The van der Waals surface area contributed by atoms with Gasteiger partial charge in [0, 0.05) is 16.9 Å². The summed E-state index contributed by atoms with van der Waals surface area (Å²) in [6, 6.07) is 3.05. The van der Waals surface area contributed by atoms with Crippen LogP contribution in [-0.4, -0.2) is 9.30 Å². The van der Waals surface area contributed by atoms with Gasteiger partial charge in [0.1, 0.15) is 16.4 Å². The van der Waals surface area contributed by atoms with E-state index in [9.17, 15) is 13.3 Å². The second-order valence-corrected chi connectivity index (χ2v) is 6.85. The SMILES string of the molecule is CC(N[S@+]([O-])C(C)(C)C)c1c(F)cccc1F. The van der Waals surface area contributed by atoms with Crippen molar-refractivity contribution in [2.75, 3.05) is 0 Å². The largest absolute Gasteiger partial charge is 0.598 e. The monoisotopic (exact) mass is 261 g/mol. The molecule has 0 heterocycles. The lowest BCUT2D eigenvalue weighted by Crippen LogP contribution is -2.40. The maximum atomic E-state index is 13.5. The van der Waals surface area contributed by atoms with Crippen molar-refractivity contribution in [2.24, 2.45) is 0 Å². The van der Waals surface area contributed by atoms with Gasteiger partial charge >= 0.3 is 0 Å². The molecular weight excluding hydrogens is 244 g/mol. The highest BCUT2D eigenvalue weighted by Gasteiger charge is 2.29. The first kappa shape index (κ1) is 14.4. The maximum absolute atomic E-state index is 13.5. The Balaban J connectivity index is 2.87. The van der Waals surface area contributed by atoms with Crippen molar-refractivity contribution in [1.29, 1.82) is 0 Å². The topological polar surface area (TPSA) is 35.1 Å². The molecule has 0 saturated heterocycles. The first-order chi connectivity index (χ1) is 7.73. The summed E-state index contributed by atoms with van der Waals surface area (Å²) >= 11 is -1.37. The van der Waals surface area contributed by atoms with E-state index in [2.05, 4.69) is 4.72 Å². The summed E-state index contributed by atoms with van der Waals surface area (Å²) in [5.74, 6) is -1.26. The Kier molecular flexibility index (Phi) is 4.52. The minimum absolute atomic E-state index is 0.0786. The Labute approximate surface area is 104 Å². The third-order valence-corrected chi connectivity index (χ3v) is 3.95. The summed E-state index contributed by atoms with van der Waals surface area (Å²) in [7, 11) is 0. The Hall–Kier alpha value is -0.650. The van der Waals surface area contributed by atoms with Crippen molar-refractivity contribution in [3.05, 3.63) is 35.4 Å². The normalized spacial score (nSPS) is 15.7. The fourth-order valence-electron chi connectivity index (χ4n) is 1.32. The smallest absolute Gasteiger partial charge is 0.136 e. The summed E-state index contributed by atoms with van der Waals surface area (Å²) in [4.78, 5) is 0. The molecule has 0 radical (unpaired) electrons. The van der Waals surface area contributed by atoms with E-state index < -0.39 is 33.8 Å². The van der Waals surface area contributed by atoms with Gasteiger partial charge in [-0.05, 0) is 39.8 Å². The van der Waals surface area contributed by atoms with Crippen molar-refractivity contribution < 1.29 is 13.3 Å². The molecule has 0 aliphatic heterocycles. The van der Waals surface area contributed by atoms with Crippen LogP contribution in [0.1, 0.15) is 39.3 Å². The molecule has 5 heteroatoms. The summed E-state index contributed by atoms with van der Waals surface area (Å²) < 4.78 is 41.0. The van der Waals surface area contributed by atoms with Crippen molar-refractivity contribution in [2.45, 2.75) is 38.5 Å². The zero-order valence-electron chi connectivity index (χ0n) is 10.4. The Bertz CT molecular complexity index is 372. The number of benzene rings is 1. The van der Waals surface area contributed by atoms with Crippen LogP contribution < -0.4 is 4.72 Å². The van der Waals surface area contributed by atoms with Crippen LogP contribution in [0.3, 0.4) is 0 Å². The van der Waals surface area contributed by atoms with Crippen LogP contribution in [0, 0.1) is 11.6 Å². The van der Waals surface area contributed by atoms with Crippen molar-refractivity contribution in [3.63, 3.8) is 0 Å². The van der Waals surface area contributed by atoms with Crippen LogP contribution in [0.25, 0.3) is 0 Å². The van der Waals surface area contributed by atoms with Gasteiger partial charge in [0.2, 0.25) is 0 Å². The first-order valence-electron chi connectivity index (χ1n) is 5.35. The average molecular weight is 261 g/mol. The van der Waals surface area contributed by atoms with E-state index in [0.717, 1.165) is 0 Å². The highest BCUT2D eigenvalue weighted by Crippen LogP contribution is 2.23. The zero-order valence-corrected chi connectivity index (χ0v) is 11.2. The fourth-order valence-corrected chi connectivity index (χ4v) is 2.11. The average Bonchev–Trinajstić information content (AvgIpc) is 2.15. The number of nitrogens with one attached hydrogen (secondary N) is 1. The van der Waals surface area contributed by atoms with E-state index >= 15 is 0 Å². The van der Waals surface area contributed by atoms with Crippen LogP contribution in [0.4, 0.5) is 8.78 Å². The standard InChI is InChI=1S/C12H17F2NOS/c1-8(15-17(16)12(2,3)4)11-9(13)6-5-7-10(11)14/h5-8,15H,1-4H3/t8?,17-/m1/s1. The van der Waals surface area contributed by atoms with E-state index in [0.29, 0.717) is 0 Å². The summed E-state index contributed by atoms with van der Waals surface area (Å²) in [5, 5.41) is 0. The third-order valence-electron chi connectivity index (χ3n) is 2.27. The number of halogens is 2. The zero-order chi connectivity index (χ0) is 13.2. The van der Waals surface area contributed by atoms with Gasteiger partial charge in [-0.25, -0.2) is 8.78 Å². The van der Waals surface area contributed by atoms with Crippen LogP contribution in [0.2, 0.25) is 0 Å². The van der Waals surface area contributed by atoms with Crippen LogP contribution >= 0.6 is 0 Å².